The molecule has 5 rings (SSSR count). The number of hydrogen-bond acceptors (Lipinski definition) is 3. The number of aromatic amines is 1. The number of halogens is 2. The number of nitrogens with zero attached hydrogens (tertiary/aromatic N) is 4. The summed E-state index contributed by atoms with van der Waals surface area (Å²) in [5.74, 6) is -0.652. The van der Waals surface area contributed by atoms with E-state index in [9.17, 15) is 18.4 Å². The molecule has 0 spiro atoms. The van der Waals surface area contributed by atoms with Crippen LogP contribution >= 0.6 is 0 Å². The molecule has 3 aromatic heterocycles. The molecule has 3 heterocycles. The lowest BCUT2D eigenvalue weighted by atomic mass is 10.1. The first-order valence-electron chi connectivity index (χ1n) is 10.4. The summed E-state index contributed by atoms with van der Waals surface area (Å²) in [6.07, 6.45) is 4.73. The van der Waals surface area contributed by atoms with Crippen LogP contribution in [0.5, 0.6) is 0 Å². The Hall–Kier alpha value is -4.21. The number of nitrogens with one attached hydrogen (secondary N) is 2. The number of hydrogen-bond donors (Lipinski definition) is 2. The average Bonchev–Trinajstić information content (AvgIpc) is 3.45. The normalized spacial score (nSPS) is 11.5. The molecule has 1 amide bonds. The number of carbonyl (C=O) groups excluding carboxylic acids is 1. The monoisotopic (exact) mass is 450 g/mol. The second-order valence-corrected chi connectivity index (χ2v) is 7.77. The number of carbonyl (C=O) groups is 1. The van der Waals surface area contributed by atoms with Gasteiger partial charge in [-0.25, -0.2) is 23.2 Å². The van der Waals surface area contributed by atoms with Gasteiger partial charge in [0, 0.05) is 48.9 Å². The van der Waals surface area contributed by atoms with E-state index in [1.165, 1.54) is 22.8 Å². The van der Waals surface area contributed by atoms with Gasteiger partial charge in [-0.15, -0.1) is 0 Å². The fourth-order valence-corrected chi connectivity index (χ4v) is 4.30. The van der Waals surface area contributed by atoms with Crippen molar-refractivity contribution in [1.29, 1.82) is 0 Å². The van der Waals surface area contributed by atoms with Gasteiger partial charge in [-0.1, -0.05) is 6.07 Å². The van der Waals surface area contributed by atoms with E-state index in [4.69, 9.17) is 0 Å². The van der Waals surface area contributed by atoms with E-state index in [1.54, 1.807) is 42.2 Å². The van der Waals surface area contributed by atoms with Gasteiger partial charge >= 0.3 is 5.69 Å². The molecule has 0 bridgehead atoms. The highest BCUT2D eigenvalue weighted by molar-refractivity contribution is 5.96. The van der Waals surface area contributed by atoms with E-state index in [0.29, 0.717) is 53.5 Å². The van der Waals surface area contributed by atoms with E-state index < -0.39 is 17.3 Å². The van der Waals surface area contributed by atoms with Crippen molar-refractivity contribution in [2.24, 2.45) is 7.05 Å². The Bertz CT molecular complexity index is 1560. The molecule has 0 saturated carbocycles. The minimum absolute atomic E-state index is 0.224. The average molecular weight is 450 g/mol. The van der Waals surface area contributed by atoms with E-state index in [-0.39, 0.29) is 5.82 Å². The Labute approximate surface area is 186 Å². The first-order valence-corrected chi connectivity index (χ1v) is 10.4. The highest BCUT2D eigenvalue weighted by atomic mass is 19.1. The number of aromatic nitrogens is 5. The highest BCUT2D eigenvalue weighted by Gasteiger charge is 2.22. The SMILES string of the molecule is Cn1cc(-c2n[nH]c(=O)n2-c2cn(CCCNC=O)c3ccc(F)cc23)c2c(F)cccc21. The topological polar surface area (TPSA) is 89.6 Å². The van der Waals surface area contributed by atoms with E-state index >= 15 is 0 Å². The van der Waals surface area contributed by atoms with Crippen molar-refractivity contribution in [3.63, 3.8) is 0 Å². The number of fused-ring (bicyclic) bond motifs is 2. The molecular formula is C23H20F2N6O2. The molecule has 10 heteroatoms. The summed E-state index contributed by atoms with van der Waals surface area (Å²) in [5, 5.41) is 10.1. The zero-order valence-corrected chi connectivity index (χ0v) is 17.7. The van der Waals surface area contributed by atoms with Gasteiger partial charge in [0.15, 0.2) is 5.82 Å². The molecule has 0 aliphatic rings. The van der Waals surface area contributed by atoms with Gasteiger partial charge < -0.3 is 14.5 Å². The lowest BCUT2D eigenvalue weighted by Crippen LogP contribution is -2.16. The molecule has 33 heavy (non-hydrogen) atoms. The summed E-state index contributed by atoms with van der Waals surface area (Å²) in [7, 11) is 1.79. The molecule has 2 aromatic carbocycles. The Morgan fingerprint density at radius 2 is 2.00 bits per heavy atom. The molecule has 5 aromatic rings. The fraction of sp³-hybridized carbons (Fsp3) is 0.174. The largest absolute Gasteiger partial charge is 0.359 e. The van der Waals surface area contributed by atoms with Crippen molar-refractivity contribution in [3.05, 3.63) is 70.9 Å². The molecule has 0 unspecified atom stereocenters. The number of benzene rings is 2. The Morgan fingerprint density at radius 1 is 1.15 bits per heavy atom. The smallest absolute Gasteiger partial charge is 0.348 e. The second kappa shape index (κ2) is 8.05. The van der Waals surface area contributed by atoms with Crippen LogP contribution in [0.25, 0.3) is 38.9 Å². The Balaban J connectivity index is 1.72. The lowest BCUT2D eigenvalue weighted by Gasteiger charge is -2.05. The van der Waals surface area contributed by atoms with Crippen LogP contribution in [0.15, 0.2) is 53.6 Å². The van der Waals surface area contributed by atoms with Crippen LogP contribution in [-0.2, 0) is 18.4 Å². The maximum Gasteiger partial charge on any atom is 0.348 e. The predicted molar refractivity (Wildman–Crippen MR) is 120 cm³/mol. The molecule has 0 aliphatic carbocycles. The van der Waals surface area contributed by atoms with Crippen molar-refractivity contribution in [3.8, 4) is 17.1 Å². The molecule has 168 valence electrons. The summed E-state index contributed by atoms with van der Waals surface area (Å²) in [4.78, 5) is 23.4. The predicted octanol–water partition coefficient (Wildman–Crippen LogP) is 3.09. The quantitative estimate of drug-likeness (QED) is 0.295. The van der Waals surface area contributed by atoms with Crippen LogP contribution in [0.1, 0.15) is 6.42 Å². The molecule has 0 radical (unpaired) electrons. The first-order chi connectivity index (χ1) is 16.0. The summed E-state index contributed by atoms with van der Waals surface area (Å²) >= 11 is 0. The van der Waals surface area contributed by atoms with Crippen molar-refractivity contribution in [2.75, 3.05) is 6.54 Å². The maximum atomic E-state index is 14.8. The van der Waals surface area contributed by atoms with Crippen molar-refractivity contribution >= 4 is 28.2 Å². The third kappa shape index (κ3) is 3.39. The van der Waals surface area contributed by atoms with Gasteiger partial charge in [-0.05, 0) is 36.8 Å². The zero-order valence-electron chi connectivity index (χ0n) is 17.7. The van der Waals surface area contributed by atoms with Crippen LogP contribution in [0.3, 0.4) is 0 Å². The maximum absolute atomic E-state index is 14.8. The molecule has 0 aliphatic heterocycles. The third-order valence-corrected chi connectivity index (χ3v) is 5.74. The van der Waals surface area contributed by atoms with Crippen LogP contribution in [0.2, 0.25) is 0 Å². The minimum Gasteiger partial charge on any atom is -0.359 e. The summed E-state index contributed by atoms with van der Waals surface area (Å²) in [5.41, 5.74) is 1.72. The van der Waals surface area contributed by atoms with Crippen molar-refractivity contribution in [2.45, 2.75) is 13.0 Å². The van der Waals surface area contributed by atoms with Gasteiger partial charge in [-0.3, -0.25) is 4.79 Å². The summed E-state index contributed by atoms with van der Waals surface area (Å²) < 4.78 is 34.0. The van der Waals surface area contributed by atoms with Gasteiger partial charge in [0.2, 0.25) is 6.41 Å². The van der Waals surface area contributed by atoms with Crippen LogP contribution in [0.4, 0.5) is 8.78 Å². The molecule has 8 nitrogen and oxygen atoms in total. The van der Waals surface area contributed by atoms with Crippen LogP contribution in [0, 0.1) is 11.6 Å². The van der Waals surface area contributed by atoms with Crippen molar-refractivity contribution in [1.82, 2.24) is 29.2 Å². The van der Waals surface area contributed by atoms with Gasteiger partial charge in [-0.2, -0.15) is 5.10 Å². The minimum atomic E-state index is -0.524. The first kappa shape index (κ1) is 20.7. The summed E-state index contributed by atoms with van der Waals surface area (Å²) in [6, 6.07) is 9.11. The third-order valence-electron chi connectivity index (χ3n) is 5.74. The molecule has 0 atom stereocenters. The van der Waals surface area contributed by atoms with Gasteiger partial charge in [0.05, 0.1) is 16.7 Å². The molecule has 2 N–H and O–H groups in total. The van der Waals surface area contributed by atoms with Gasteiger partial charge in [0.1, 0.15) is 11.6 Å². The lowest BCUT2D eigenvalue weighted by molar-refractivity contribution is -0.109. The summed E-state index contributed by atoms with van der Waals surface area (Å²) in [6.45, 7) is 1.01. The Kier molecular flexibility index (Phi) is 5.04. The number of aryl methyl sites for hydroxylation is 2. The number of H-pyrrole nitrogens is 1. The Morgan fingerprint density at radius 3 is 2.82 bits per heavy atom. The number of amides is 1. The number of rotatable bonds is 7. The second-order valence-electron chi connectivity index (χ2n) is 7.77. The fourth-order valence-electron chi connectivity index (χ4n) is 4.30. The van der Waals surface area contributed by atoms with E-state index in [0.717, 1.165) is 5.52 Å². The van der Waals surface area contributed by atoms with E-state index in [2.05, 4.69) is 15.5 Å². The molecule has 0 fully saturated rings. The standard InChI is InChI=1S/C23H20F2N6O2/c1-29-11-16(21-17(25)4-2-5-19(21)29)22-27-28-23(33)31(22)20-12-30(9-3-8-26-13-32)18-7-6-14(24)10-15(18)20/h2,4-7,10-13H,3,8-9H2,1H3,(H,26,32)(H,28,33). The van der Waals surface area contributed by atoms with Crippen LogP contribution in [-0.4, -0.2) is 36.9 Å². The highest BCUT2D eigenvalue weighted by Crippen LogP contribution is 2.33. The molecule has 0 saturated heterocycles. The molecular weight excluding hydrogens is 430 g/mol. The van der Waals surface area contributed by atoms with Crippen molar-refractivity contribution < 1.29 is 13.6 Å². The van der Waals surface area contributed by atoms with E-state index in [1.807, 2.05) is 4.57 Å². The van der Waals surface area contributed by atoms with Gasteiger partial charge in [0.25, 0.3) is 0 Å². The van der Waals surface area contributed by atoms with Crippen LogP contribution < -0.4 is 11.0 Å². The zero-order chi connectivity index (χ0) is 23.1.